The smallest absolute Gasteiger partial charge is 0.149 e. The fourth-order valence-corrected chi connectivity index (χ4v) is 1.99. The molecular weight excluding hydrogens is 228 g/mol. The number of aromatic hydroxyl groups is 1. The van der Waals surface area contributed by atoms with Crippen LogP contribution in [0.3, 0.4) is 0 Å². The lowest BCUT2D eigenvalue weighted by molar-refractivity contribution is 0.461. The highest BCUT2D eigenvalue weighted by molar-refractivity contribution is 5.27. The lowest BCUT2D eigenvalue weighted by Gasteiger charge is -2.19. The first-order valence-electron chi connectivity index (χ1n) is 5.97. The first-order valence-corrected chi connectivity index (χ1v) is 5.97. The molecule has 0 aliphatic rings. The van der Waals surface area contributed by atoms with Crippen molar-refractivity contribution >= 4 is 0 Å². The predicted octanol–water partition coefficient (Wildman–Crippen LogP) is 1.93. The van der Waals surface area contributed by atoms with Crippen LogP contribution < -0.4 is 5.32 Å². The molecule has 2 aromatic rings. The molecule has 1 heterocycles. The molecule has 1 aromatic carbocycles. The van der Waals surface area contributed by atoms with E-state index in [1.165, 1.54) is 0 Å². The maximum Gasteiger partial charge on any atom is 0.149 e. The monoisotopic (exact) mass is 246 g/mol. The van der Waals surface area contributed by atoms with Gasteiger partial charge in [-0.3, -0.25) is 0 Å². The van der Waals surface area contributed by atoms with E-state index in [1.807, 2.05) is 23.7 Å². The van der Waals surface area contributed by atoms with Crippen LogP contribution in [0.1, 0.15) is 37.3 Å². The molecule has 0 spiro atoms. The second kappa shape index (κ2) is 5.18. The van der Waals surface area contributed by atoms with Gasteiger partial charge >= 0.3 is 0 Å². The number of aromatic nitrogens is 3. The summed E-state index contributed by atoms with van der Waals surface area (Å²) < 4.78 is 1.90. The second-order valence-electron chi connectivity index (χ2n) is 4.50. The molecule has 18 heavy (non-hydrogen) atoms. The van der Waals surface area contributed by atoms with Crippen molar-refractivity contribution in [2.75, 3.05) is 0 Å². The molecule has 2 atom stereocenters. The Hall–Kier alpha value is -1.88. The second-order valence-corrected chi connectivity index (χ2v) is 4.50. The van der Waals surface area contributed by atoms with E-state index in [0.717, 1.165) is 11.4 Å². The number of nitrogens with zero attached hydrogens (tertiary/aromatic N) is 3. The average molecular weight is 246 g/mol. The molecule has 0 saturated carbocycles. The lowest BCUT2D eigenvalue weighted by Crippen LogP contribution is -2.24. The van der Waals surface area contributed by atoms with E-state index in [1.54, 1.807) is 18.5 Å². The summed E-state index contributed by atoms with van der Waals surface area (Å²) >= 11 is 0. The summed E-state index contributed by atoms with van der Waals surface area (Å²) in [6, 6.07) is 7.51. The van der Waals surface area contributed by atoms with E-state index in [0.29, 0.717) is 0 Å². The lowest BCUT2D eigenvalue weighted by atomic mass is 10.1. The van der Waals surface area contributed by atoms with Crippen molar-refractivity contribution in [2.45, 2.75) is 25.9 Å². The summed E-state index contributed by atoms with van der Waals surface area (Å²) in [6.45, 7) is 4.14. The number of benzene rings is 1. The molecular formula is C13H18N4O. The number of nitrogens with one attached hydrogen (secondary N) is 1. The summed E-state index contributed by atoms with van der Waals surface area (Å²) in [6.07, 6.45) is 1.69. The zero-order valence-electron chi connectivity index (χ0n) is 10.8. The average Bonchev–Trinajstić information content (AvgIpc) is 2.76. The summed E-state index contributed by atoms with van der Waals surface area (Å²) in [5.41, 5.74) is 1.13. The van der Waals surface area contributed by atoms with Gasteiger partial charge in [0.05, 0.1) is 6.04 Å². The third-order valence-electron chi connectivity index (χ3n) is 3.03. The summed E-state index contributed by atoms with van der Waals surface area (Å²) in [7, 11) is 1.93. The van der Waals surface area contributed by atoms with Gasteiger partial charge in [0.25, 0.3) is 0 Å². The Morgan fingerprint density at radius 3 is 2.39 bits per heavy atom. The van der Waals surface area contributed by atoms with Crippen molar-refractivity contribution in [1.29, 1.82) is 0 Å². The minimum Gasteiger partial charge on any atom is -0.508 e. The van der Waals surface area contributed by atoms with E-state index in [2.05, 4.69) is 29.4 Å². The van der Waals surface area contributed by atoms with Crippen LogP contribution in [0.2, 0.25) is 0 Å². The van der Waals surface area contributed by atoms with E-state index >= 15 is 0 Å². The third-order valence-corrected chi connectivity index (χ3v) is 3.03. The third kappa shape index (κ3) is 2.68. The van der Waals surface area contributed by atoms with Crippen LogP contribution in [0.25, 0.3) is 0 Å². The maximum absolute atomic E-state index is 9.26. The van der Waals surface area contributed by atoms with Crippen LogP contribution in [-0.4, -0.2) is 19.9 Å². The normalized spacial score (nSPS) is 14.4. The van der Waals surface area contributed by atoms with E-state index in [-0.39, 0.29) is 17.8 Å². The molecule has 2 rings (SSSR count). The zero-order valence-corrected chi connectivity index (χ0v) is 10.8. The molecule has 0 bridgehead atoms. The minimum atomic E-state index is 0.112. The van der Waals surface area contributed by atoms with Gasteiger partial charge in [-0.1, -0.05) is 12.1 Å². The van der Waals surface area contributed by atoms with Gasteiger partial charge in [0.15, 0.2) is 0 Å². The van der Waals surface area contributed by atoms with Crippen molar-refractivity contribution in [3.8, 4) is 5.75 Å². The molecule has 96 valence electrons. The number of aryl methyl sites for hydroxylation is 1. The van der Waals surface area contributed by atoms with Crippen molar-refractivity contribution in [3.05, 3.63) is 42.0 Å². The van der Waals surface area contributed by atoms with E-state index < -0.39 is 0 Å². The Balaban J connectivity index is 2.05. The summed E-state index contributed by atoms with van der Waals surface area (Å²) in [5, 5.41) is 20.7. The number of hydrogen-bond acceptors (Lipinski definition) is 4. The fourth-order valence-electron chi connectivity index (χ4n) is 1.99. The van der Waals surface area contributed by atoms with Crippen molar-refractivity contribution < 1.29 is 5.11 Å². The summed E-state index contributed by atoms with van der Waals surface area (Å²) in [5.74, 6) is 1.19. The van der Waals surface area contributed by atoms with Crippen LogP contribution in [0.15, 0.2) is 30.6 Å². The quantitative estimate of drug-likeness (QED) is 0.865. The molecule has 5 heteroatoms. The molecule has 0 fully saturated rings. The topological polar surface area (TPSA) is 63.0 Å². The molecule has 2 N–H and O–H groups in total. The van der Waals surface area contributed by atoms with E-state index in [4.69, 9.17) is 0 Å². The standard InChI is InChI=1S/C13H18N4O/c1-9(11-4-6-12(18)7-5-11)15-10(2)13-16-14-8-17(13)3/h4-10,15,18H,1-3H3. The summed E-state index contributed by atoms with van der Waals surface area (Å²) in [4.78, 5) is 0. The highest BCUT2D eigenvalue weighted by Gasteiger charge is 2.14. The SMILES string of the molecule is CC(NC(C)c1nncn1C)c1ccc(O)cc1. The van der Waals surface area contributed by atoms with E-state index in [9.17, 15) is 5.11 Å². The Bertz CT molecular complexity index is 506. The van der Waals surface area contributed by atoms with Gasteiger partial charge in [0.2, 0.25) is 0 Å². The van der Waals surface area contributed by atoms with Crippen LogP contribution >= 0.6 is 0 Å². The van der Waals surface area contributed by atoms with Gasteiger partial charge in [0, 0.05) is 13.1 Å². The van der Waals surface area contributed by atoms with Gasteiger partial charge in [-0.15, -0.1) is 10.2 Å². The zero-order chi connectivity index (χ0) is 13.1. The highest BCUT2D eigenvalue weighted by atomic mass is 16.3. The Kier molecular flexibility index (Phi) is 3.62. The van der Waals surface area contributed by atoms with Crippen molar-refractivity contribution in [1.82, 2.24) is 20.1 Å². The Morgan fingerprint density at radius 1 is 1.17 bits per heavy atom. The van der Waals surface area contributed by atoms with Gasteiger partial charge in [-0.25, -0.2) is 0 Å². The van der Waals surface area contributed by atoms with Crippen LogP contribution in [0, 0.1) is 0 Å². The maximum atomic E-state index is 9.26. The molecule has 0 aliphatic heterocycles. The molecule has 1 aromatic heterocycles. The predicted molar refractivity (Wildman–Crippen MR) is 69.1 cm³/mol. The van der Waals surface area contributed by atoms with Crippen molar-refractivity contribution in [2.24, 2.45) is 7.05 Å². The molecule has 0 aliphatic carbocycles. The largest absolute Gasteiger partial charge is 0.508 e. The highest BCUT2D eigenvalue weighted by Crippen LogP contribution is 2.19. The Labute approximate surface area is 106 Å². The minimum absolute atomic E-state index is 0.112. The first kappa shape index (κ1) is 12.6. The number of phenolic OH excluding ortho intramolecular Hbond substituents is 1. The van der Waals surface area contributed by atoms with Gasteiger partial charge in [-0.05, 0) is 31.5 Å². The molecule has 0 saturated heterocycles. The van der Waals surface area contributed by atoms with Gasteiger partial charge < -0.3 is 15.0 Å². The van der Waals surface area contributed by atoms with Crippen LogP contribution in [-0.2, 0) is 7.05 Å². The molecule has 0 radical (unpaired) electrons. The molecule has 0 amide bonds. The fraction of sp³-hybridized carbons (Fsp3) is 0.385. The molecule has 2 unspecified atom stereocenters. The molecule has 5 nitrogen and oxygen atoms in total. The van der Waals surface area contributed by atoms with Crippen LogP contribution in [0.4, 0.5) is 0 Å². The number of rotatable bonds is 4. The first-order chi connectivity index (χ1) is 8.58. The van der Waals surface area contributed by atoms with Crippen LogP contribution in [0.5, 0.6) is 5.75 Å². The Morgan fingerprint density at radius 2 is 1.83 bits per heavy atom. The number of phenols is 1. The van der Waals surface area contributed by atoms with Gasteiger partial charge in [-0.2, -0.15) is 0 Å². The number of hydrogen-bond donors (Lipinski definition) is 2. The van der Waals surface area contributed by atoms with Crippen molar-refractivity contribution in [3.63, 3.8) is 0 Å². The van der Waals surface area contributed by atoms with Gasteiger partial charge in [0.1, 0.15) is 17.9 Å².